The fraction of sp³-hybridized carbons (Fsp3) is 0.462. The van der Waals surface area contributed by atoms with Gasteiger partial charge in [-0.3, -0.25) is 4.79 Å². The number of hydrogen-bond donors (Lipinski definition) is 0. The van der Waals surface area contributed by atoms with Gasteiger partial charge in [0.25, 0.3) is 0 Å². The maximum absolute atomic E-state index is 10.8. The second-order valence-corrected chi connectivity index (χ2v) is 4.24. The molecule has 1 aromatic carbocycles. The van der Waals surface area contributed by atoms with Crippen LogP contribution in [0.5, 0.6) is 0 Å². The van der Waals surface area contributed by atoms with Crippen molar-refractivity contribution in [1.29, 1.82) is 0 Å². The maximum Gasteiger partial charge on any atom is 0.210 e. The first-order valence-electron chi connectivity index (χ1n) is 5.45. The van der Waals surface area contributed by atoms with Gasteiger partial charge in [0.15, 0.2) is 0 Å². The molecular weight excluding hydrogens is 186 g/mol. The minimum absolute atomic E-state index is 0.642. The first-order chi connectivity index (χ1) is 7.22. The van der Waals surface area contributed by atoms with E-state index in [1.807, 2.05) is 35.2 Å². The molecule has 0 saturated carbocycles. The third-order valence-corrected chi connectivity index (χ3v) is 2.37. The second kappa shape index (κ2) is 6.23. The molecule has 0 aliphatic heterocycles. The quantitative estimate of drug-likeness (QED) is 0.654. The van der Waals surface area contributed by atoms with Crippen molar-refractivity contribution in [1.82, 2.24) is 4.90 Å². The Kier molecular flexibility index (Phi) is 4.88. The highest BCUT2D eigenvalue weighted by Gasteiger charge is 2.03. The molecule has 0 atom stereocenters. The molecule has 2 nitrogen and oxygen atoms in total. The number of amides is 1. The van der Waals surface area contributed by atoms with Gasteiger partial charge in [-0.05, 0) is 17.9 Å². The predicted molar refractivity (Wildman–Crippen MR) is 62.4 cm³/mol. The highest BCUT2D eigenvalue weighted by molar-refractivity contribution is 5.47. The molecule has 0 N–H and O–H groups in total. The summed E-state index contributed by atoms with van der Waals surface area (Å²) in [4.78, 5) is 12.7. The summed E-state index contributed by atoms with van der Waals surface area (Å²) in [5, 5.41) is 0. The fourth-order valence-electron chi connectivity index (χ4n) is 1.41. The molecule has 0 aliphatic carbocycles. The van der Waals surface area contributed by atoms with E-state index in [0.29, 0.717) is 5.92 Å². The van der Waals surface area contributed by atoms with Crippen LogP contribution in [0.25, 0.3) is 0 Å². The van der Waals surface area contributed by atoms with Crippen LogP contribution in [0.2, 0.25) is 0 Å². The summed E-state index contributed by atoms with van der Waals surface area (Å²) in [7, 11) is 0. The standard InChI is InChI=1S/C13H19NO/c1-12(2)8-9-14(11-15)10-13-6-4-3-5-7-13/h3-7,11-12H,8-10H2,1-2H3. The van der Waals surface area contributed by atoms with Crippen molar-refractivity contribution in [3.05, 3.63) is 35.9 Å². The van der Waals surface area contributed by atoms with Crippen molar-refractivity contribution in [2.24, 2.45) is 5.92 Å². The van der Waals surface area contributed by atoms with Crippen molar-refractivity contribution >= 4 is 6.41 Å². The van der Waals surface area contributed by atoms with Gasteiger partial charge in [0.1, 0.15) is 0 Å². The second-order valence-electron chi connectivity index (χ2n) is 4.24. The van der Waals surface area contributed by atoms with Crippen LogP contribution in [-0.2, 0) is 11.3 Å². The lowest BCUT2D eigenvalue weighted by Gasteiger charge is -2.18. The van der Waals surface area contributed by atoms with Crippen LogP contribution >= 0.6 is 0 Å². The number of hydrogen-bond acceptors (Lipinski definition) is 1. The van der Waals surface area contributed by atoms with Gasteiger partial charge in [0.2, 0.25) is 6.41 Å². The Balaban J connectivity index is 2.43. The third kappa shape index (κ3) is 4.63. The van der Waals surface area contributed by atoms with E-state index in [-0.39, 0.29) is 0 Å². The normalized spacial score (nSPS) is 10.3. The molecule has 1 aromatic rings. The number of nitrogens with zero attached hydrogens (tertiary/aromatic N) is 1. The maximum atomic E-state index is 10.8. The Labute approximate surface area is 91.9 Å². The van der Waals surface area contributed by atoms with Gasteiger partial charge in [0.05, 0.1) is 0 Å². The summed E-state index contributed by atoms with van der Waals surface area (Å²) in [5.41, 5.74) is 1.19. The van der Waals surface area contributed by atoms with Crippen molar-refractivity contribution in [3.8, 4) is 0 Å². The minimum atomic E-state index is 0.642. The molecule has 1 rings (SSSR count). The third-order valence-electron chi connectivity index (χ3n) is 2.37. The van der Waals surface area contributed by atoms with Gasteiger partial charge < -0.3 is 4.90 Å². The highest BCUT2D eigenvalue weighted by Crippen LogP contribution is 2.06. The molecule has 0 unspecified atom stereocenters. The van der Waals surface area contributed by atoms with Crippen molar-refractivity contribution in [2.45, 2.75) is 26.8 Å². The molecule has 0 fully saturated rings. The molecular formula is C13H19NO. The van der Waals surface area contributed by atoms with Gasteiger partial charge in [-0.25, -0.2) is 0 Å². The molecule has 0 bridgehead atoms. The van der Waals surface area contributed by atoms with Crippen LogP contribution < -0.4 is 0 Å². The number of rotatable bonds is 6. The Morgan fingerprint density at radius 1 is 1.27 bits per heavy atom. The van der Waals surface area contributed by atoms with Gasteiger partial charge >= 0.3 is 0 Å². The van der Waals surface area contributed by atoms with Crippen LogP contribution in [0.15, 0.2) is 30.3 Å². The average Bonchev–Trinajstić information content (AvgIpc) is 2.25. The molecule has 0 aliphatic rings. The van der Waals surface area contributed by atoms with E-state index in [9.17, 15) is 4.79 Å². The van der Waals surface area contributed by atoms with E-state index in [1.54, 1.807) is 0 Å². The van der Waals surface area contributed by atoms with E-state index in [4.69, 9.17) is 0 Å². The van der Waals surface area contributed by atoms with Gasteiger partial charge in [-0.1, -0.05) is 44.2 Å². The lowest BCUT2D eigenvalue weighted by molar-refractivity contribution is -0.118. The van der Waals surface area contributed by atoms with Crippen LogP contribution in [0.4, 0.5) is 0 Å². The number of carbonyl (C=O) groups is 1. The Bertz CT molecular complexity index is 282. The zero-order valence-corrected chi connectivity index (χ0v) is 9.52. The average molecular weight is 205 g/mol. The van der Waals surface area contributed by atoms with Crippen molar-refractivity contribution < 1.29 is 4.79 Å². The topological polar surface area (TPSA) is 20.3 Å². The number of benzene rings is 1. The molecule has 0 heterocycles. The summed E-state index contributed by atoms with van der Waals surface area (Å²) in [5.74, 6) is 0.642. The summed E-state index contributed by atoms with van der Waals surface area (Å²) in [6, 6.07) is 10.1. The Morgan fingerprint density at radius 2 is 1.93 bits per heavy atom. The lowest BCUT2D eigenvalue weighted by Crippen LogP contribution is -2.23. The van der Waals surface area contributed by atoms with E-state index < -0.39 is 0 Å². The van der Waals surface area contributed by atoms with E-state index in [1.165, 1.54) is 5.56 Å². The first-order valence-corrected chi connectivity index (χ1v) is 5.45. The molecule has 82 valence electrons. The van der Waals surface area contributed by atoms with Crippen LogP contribution in [0.3, 0.4) is 0 Å². The highest BCUT2D eigenvalue weighted by atomic mass is 16.1. The largest absolute Gasteiger partial charge is 0.341 e. The van der Waals surface area contributed by atoms with E-state index in [2.05, 4.69) is 13.8 Å². The van der Waals surface area contributed by atoms with E-state index in [0.717, 1.165) is 25.9 Å². The smallest absolute Gasteiger partial charge is 0.210 e. The lowest BCUT2D eigenvalue weighted by atomic mass is 10.1. The zero-order chi connectivity index (χ0) is 11.1. The number of carbonyl (C=O) groups excluding carboxylic acids is 1. The minimum Gasteiger partial charge on any atom is -0.341 e. The molecule has 0 saturated heterocycles. The molecule has 1 amide bonds. The SMILES string of the molecule is CC(C)CCN(C=O)Cc1ccccc1. The van der Waals surface area contributed by atoms with Crippen LogP contribution in [-0.4, -0.2) is 17.9 Å². The Hall–Kier alpha value is -1.31. The van der Waals surface area contributed by atoms with Gasteiger partial charge in [0, 0.05) is 13.1 Å². The van der Waals surface area contributed by atoms with E-state index >= 15 is 0 Å². The van der Waals surface area contributed by atoms with Gasteiger partial charge in [-0.15, -0.1) is 0 Å². The summed E-state index contributed by atoms with van der Waals surface area (Å²) in [6.07, 6.45) is 2.00. The molecule has 0 aromatic heterocycles. The molecule has 2 heteroatoms. The Morgan fingerprint density at radius 3 is 2.47 bits per heavy atom. The predicted octanol–water partition coefficient (Wildman–Crippen LogP) is 2.69. The molecule has 0 radical (unpaired) electrons. The van der Waals surface area contributed by atoms with Crippen LogP contribution in [0, 0.1) is 5.92 Å². The summed E-state index contributed by atoms with van der Waals surface area (Å²) >= 11 is 0. The molecule has 0 spiro atoms. The summed E-state index contributed by atoms with van der Waals surface area (Å²) < 4.78 is 0. The van der Waals surface area contributed by atoms with Crippen molar-refractivity contribution in [2.75, 3.05) is 6.54 Å². The fourth-order valence-corrected chi connectivity index (χ4v) is 1.41. The van der Waals surface area contributed by atoms with Crippen molar-refractivity contribution in [3.63, 3.8) is 0 Å². The van der Waals surface area contributed by atoms with Crippen LogP contribution in [0.1, 0.15) is 25.8 Å². The first kappa shape index (κ1) is 11.8. The monoisotopic (exact) mass is 205 g/mol. The molecule has 15 heavy (non-hydrogen) atoms. The zero-order valence-electron chi connectivity index (χ0n) is 9.52. The van der Waals surface area contributed by atoms with Gasteiger partial charge in [-0.2, -0.15) is 0 Å². The summed E-state index contributed by atoms with van der Waals surface area (Å²) in [6.45, 7) is 5.91.